The van der Waals surface area contributed by atoms with Crippen molar-refractivity contribution >= 4 is 27.5 Å². The van der Waals surface area contributed by atoms with E-state index in [4.69, 9.17) is 4.42 Å². The van der Waals surface area contributed by atoms with Crippen molar-refractivity contribution in [2.45, 2.75) is 25.7 Å². The zero-order valence-electron chi connectivity index (χ0n) is 9.28. The quantitative estimate of drug-likeness (QED) is 0.853. The van der Waals surface area contributed by atoms with Crippen molar-refractivity contribution in [3.8, 4) is 0 Å². The van der Waals surface area contributed by atoms with Gasteiger partial charge in [-0.1, -0.05) is 0 Å². The first-order valence-corrected chi connectivity index (χ1v) is 6.64. The van der Waals surface area contributed by atoms with Gasteiger partial charge in [0.15, 0.2) is 10.4 Å². The Hall–Kier alpha value is -1.10. The van der Waals surface area contributed by atoms with E-state index in [-0.39, 0.29) is 11.7 Å². The van der Waals surface area contributed by atoms with E-state index in [0.29, 0.717) is 10.6 Å². The first-order chi connectivity index (χ1) is 8.22. The lowest BCUT2D eigenvalue weighted by Gasteiger charge is -2.11. The van der Waals surface area contributed by atoms with Gasteiger partial charge in [-0.15, -0.1) is 0 Å². The molecule has 4 nitrogen and oxygen atoms in total. The summed E-state index contributed by atoms with van der Waals surface area (Å²) in [6.45, 7) is 0. The first-order valence-electron chi connectivity index (χ1n) is 5.84. The van der Waals surface area contributed by atoms with Gasteiger partial charge in [-0.25, -0.2) is 5.43 Å². The van der Waals surface area contributed by atoms with Gasteiger partial charge in [-0.2, -0.15) is 5.10 Å². The summed E-state index contributed by atoms with van der Waals surface area (Å²) >= 11 is 3.16. The second-order valence-electron chi connectivity index (χ2n) is 4.73. The van der Waals surface area contributed by atoms with Crippen LogP contribution in [-0.4, -0.2) is 11.6 Å². The number of halogens is 1. The van der Waals surface area contributed by atoms with Gasteiger partial charge in [-0.05, 0) is 65.6 Å². The van der Waals surface area contributed by atoms with E-state index >= 15 is 0 Å². The molecule has 0 aromatic carbocycles. The Morgan fingerprint density at radius 3 is 2.94 bits per heavy atom. The van der Waals surface area contributed by atoms with E-state index in [2.05, 4.69) is 26.5 Å². The van der Waals surface area contributed by atoms with Crippen molar-refractivity contribution in [3.05, 3.63) is 22.6 Å². The molecule has 1 aromatic rings. The van der Waals surface area contributed by atoms with Gasteiger partial charge >= 0.3 is 5.91 Å². The number of carbonyl (C=O) groups excluding carboxylic acids is 1. The number of fused-ring (bicyclic) bond motifs is 2. The van der Waals surface area contributed by atoms with Crippen LogP contribution in [0.2, 0.25) is 0 Å². The summed E-state index contributed by atoms with van der Waals surface area (Å²) in [4.78, 5) is 11.7. The molecule has 1 amide bonds. The van der Waals surface area contributed by atoms with Crippen LogP contribution in [0.4, 0.5) is 0 Å². The highest BCUT2D eigenvalue weighted by atomic mass is 79.9. The number of hydrogen-bond acceptors (Lipinski definition) is 3. The number of hydrogen-bond donors (Lipinski definition) is 1. The molecule has 0 unspecified atom stereocenters. The van der Waals surface area contributed by atoms with E-state index in [9.17, 15) is 4.79 Å². The monoisotopic (exact) mass is 296 g/mol. The highest BCUT2D eigenvalue weighted by molar-refractivity contribution is 9.10. The van der Waals surface area contributed by atoms with E-state index in [1.165, 1.54) is 19.3 Å². The third-order valence-electron chi connectivity index (χ3n) is 3.61. The molecular formula is C12H13BrN2O2. The van der Waals surface area contributed by atoms with Crippen molar-refractivity contribution in [1.82, 2.24) is 5.43 Å². The predicted octanol–water partition coefficient (Wildman–Crippen LogP) is 2.95. The first kappa shape index (κ1) is 11.0. The van der Waals surface area contributed by atoms with Crippen LogP contribution in [0.25, 0.3) is 0 Å². The summed E-state index contributed by atoms with van der Waals surface area (Å²) in [5, 5.41) is 4.23. The Kier molecular flexibility index (Phi) is 2.78. The number of rotatable bonds is 2. The molecule has 90 valence electrons. The van der Waals surface area contributed by atoms with Gasteiger partial charge in [0.05, 0.1) is 0 Å². The van der Waals surface area contributed by atoms with E-state index < -0.39 is 0 Å². The van der Waals surface area contributed by atoms with Gasteiger partial charge < -0.3 is 4.42 Å². The van der Waals surface area contributed by atoms with Gasteiger partial charge in [0.25, 0.3) is 0 Å². The predicted molar refractivity (Wildman–Crippen MR) is 66.8 cm³/mol. The van der Waals surface area contributed by atoms with Crippen LogP contribution >= 0.6 is 15.9 Å². The molecule has 3 rings (SSSR count). The largest absolute Gasteiger partial charge is 0.444 e. The van der Waals surface area contributed by atoms with E-state index in [1.807, 2.05) is 0 Å². The average Bonchev–Trinajstić information content (AvgIpc) is 3.01. The van der Waals surface area contributed by atoms with E-state index in [0.717, 1.165) is 18.1 Å². The maximum atomic E-state index is 11.7. The van der Waals surface area contributed by atoms with Crippen molar-refractivity contribution in [2.24, 2.45) is 16.9 Å². The van der Waals surface area contributed by atoms with Crippen molar-refractivity contribution in [3.63, 3.8) is 0 Å². The number of amides is 1. The molecule has 0 spiro atoms. The lowest BCUT2D eigenvalue weighted by Crippen LogP contribution is -2.21. The Morgan fingerprint density at radius 2 is 2.35 bits per heavy atom. The topological polar surface area (TPSA) is 54.6 Å². The molecule has 0 radical (unpaired) electrons. The molecule has 17 heavy (non-hydrogen) atoms. The van der Waals surface area contributed by atoms with Crippen LogP contribution in [0.15, 0.2) is 26.3 Å². The minimum Gasteiger partial charge on any atom is -0.444 e. The van der Waals surface area contributed by atoms with Crippen LogP contribution in [0, 0.1) is 11.8 Å². The van der Waals surface area contributed by atoms with E-state index in [1.54, 1.807) is 12.1 Å². The highest BCUT2D eigenvalue weighted by Crippen LogP contribution is 2.42. The minimum atomic E-state index is -0.286. The standard InChI is InChI=1S/C12H13BrN2O2/c13-11-4-3-10(17-11)12(16)15-14-9-6-7-1-2-8(9)5-7/h3-4,7-8H,1-2,5-6H2,(H,15,16)/b14-9-/t7-,8-/m0/s1. The maximum Gasteiger partial charge on any atom is 0.307 e. The molecule has 5 heteroatoms. The van der Waals surface area contributed by atoms with Gasteiger partial charge in [0, 0.05) is 5.71 Å². The third kappa shape index (κ3) is 2.16. The summed E-state index contributed by atoms with van der Waals surface area (Å²) < 4.78 is 5.71. The summed E-state index contributed by atoms with van der Waals surface area (Å²) in [7, 11) is 0. The van der Waals surface area contributed by atoms with Gasteiger partial charge in [0.2, 0.25) is 0 Å². The van der Waals surface area contributed by atoms with Crippen LogP contribution in [0.1, 0.15) is 36.2 Å². The van der Waals surface area contributed by atoms with Crippen LogP contribution in [0.5, 0.6) is 0 Å². The zero-order valence-corrected chi connectivity index (χ0v) is 10.9. The SMILES string of the molecule is O=C(N/N=C1/C[C@H]2CC[C@H]1C2)c1ccc(Br)o1. The van der Waals surface area contributed by atoms with Crippen LogP contribution in [-0.2, 0) is 0 Å². The summed E-state index contributed by atoms with van der Waals surface area (Å²) in [5.74, 6) is 1.40. The Bertz CT molecular complexity index is 481. The fraction of sp³-hybridized carbons (Fsp3) is 0.500. The molecule has 2 aliphatic carbocycles. The normalized spacial score (nSPS) is 28.9. The molecule has 2 atom stereocenters. The molecule has 1 heterocycles. The molecule has 2 bridgehead atoms. The average molecular weight is 297 g/mol. The fourth-order valence-corrected chi connectivity index (χ4v) is 3.08. The molecule has 1 N–H and O–H groups in total. The summed E-state index contributed by atoms with van der Waals surface area (Å²) in [6.07, 6.45) is 4.85. The second kappa shape index (κ2) is 4.29. The summed E-state index contributed by atoms with van der Waals surface area (Å²) in [6, 6.07) is 3.32. The number of furan rings is 1. The zero-order chi connectivity index (χ0) is 11.8. The fourth-order valence-electron chi connectivity index (χ4n) is 2.78. The lowest BCUT2D eigenvalue weighted by molar-refractivity contribution is 0.0925. The van der Waals surface area contributed by atoms with Gasteiger partial charge in [-0.3, -0.25) is 4.79 Å². The third-order valence-corrected chi connectivity index (χ3v) is 4.03. The molecule has 2 fully saturated rings. The Balaban J connectivity index is 1.64. The smallest absolute Gasteiger partial charge is 0.307 e. The van der Waals surface area contributed by atoms with Crippen molar-refractivity contribution < 1.29 is 9.21 Å². The number of carbonyl (C=O) groups is 1. The highest BCUT2D eigenvalue weighted by Gasteiger charge is 2.36. The molecule has 2 aliphatic rings. The number of hydrazone groups is 1. The molecular weight excluding hydrogens is 284 g/mol. The second-order valence-corrected chi connectivity index (χ2v) is 5.51. The molecule has 1 aromatic heterocycles. The van der Waals surface area contributed by atoms with Crippen molar-refractivity contribution in [2.75, 3.05) is 0 Å². The number of nitrogens with one attached hydrogen (secondary N) is 1. The maximum absolute atomic E-state index is 11.7. The van der Waals surface area contributed by atoms with Crippen LogP contribution < -0.4 is 5.43 Å². The number of nitrogens with zero attached hydrogens (tertiary/aromatic N) is 1. The Labute approximate surface area is 108 Å². The molecule has 0 saturated heterocycles. The summed E-state index contributed by atoms with van der Waals surface area (Å²) in [5.41, 5.74) is 3.73. The van der Waals surface area contributed by atoms with Crippen LogP contribution in [0.3, 0.4) is 0 Å². The molecule has 0 aliphatic heterocycles. The minimum absolute atomic E-state index is 0.282. The Morgan fingerprint density at radius 1 is 1.47 bits per heavy atom. The van der Waals surface area contributed by atoms with Crippen molar-refractivity contribution in [1.29, 1.82) is 0 Å². The molecule has 2 saturated carbocycles. The lowest BCUT2D eigenvalue weighted by atomic mass is 9.99. The van der Waals surface area contributed by atoms with Gasteiger partial charge in [0.1, 0.15) is 0 Å².